The van der Waals surface area contributed by atoms with Crippen LogP contribution in [-0.4, -0.2) is 48.8 Å². The Hall–Kier alpha value is -2.60. The van der Waals surface area contributed by atoms with Gasteiger partial charge in [0.15, 0.2) is 11.5 Å². The van der Waals surface area contributed by atoms with Crippen LogP contribution in [0.2, 0.25) is 0 Å². The molecule has 0 radical (unpaired) electrons. The predicted octanol–water partition coefficient (Wildman–Crippen LogP) is 1.13. The molecule has 0 saturated carbocycles. The van der Waals surface area contributed by atoms with Crippen molar-refractivity contribution in [2.45, 2.75) is 19.4 Å². The average Bonchev–Trinajstić information content (AvgIpc) is 3.36. The van der Waals surface area contributed by atoms with Gasteiger partial charge in [0.1, 0.15) is 0 Å². The lowest BCUT2D eigenvalue weighted by atomic mass is 10.1. The summed E-state index contributed by atoms with van der Waals surface area (Å²) in [6.45, 7) is 4.97. The van der Waals surface area contributed by atoms with Gasteiger partial charge in [-0.3, -0.25) is 9.78 Å². The molecule has 1 amide bonds. The van der Waals surface area contributed by atoms with Gasteiger partial charge in [-0.25, -0.2) is 0 Å². The van der Waals surface area contributed by atoms with Crippen LogP contribution in [0.4, 0.5) is 0 Å². The highest BCUT2D eigenvalue weighted by Crippen LogP contribution is 2.32. The molecule has 1 fully saturated rings. The van der Waals surface area contributed by atoms with E-state index in [1.807, 2.05) is 23.1 Å². The van der Waals surface area contributed by atoms with Crippen LogP contribution in [0, 0.1) is 0 Å². The monoisotopic (exact) mass is 354 g/mol. The molecular formula is C20H24N3O3+. The summed E-state index contributed by atoms with van der Waals surface area (Å²) in [5, 5.41) is 0. The number of ether oxygens (including phenoxy) is 2. The number of hydrogen-bond donors (Lipinski definition) is 1. The minimum Gasteiger partial charge on any atom is -0.454 e. The van der Waals surface area contributed by atoms with E-state index in [9.17, 15) is 4.79 Å². The standard InChI is InChI=1S/C20H23N3O3/c24-20(17-5-7-21-8-6-17)23(12-11-22-9-1-2-10-22)14-16-3-4-18-19(13-16)26-15-25-18/h3-8,13H,1-2,9-12,14-15H2/p+1. The molecule has 6 nitrogen and oxygen atoms in total. The molecule has 0 spiro atoms. The Kier molecular flexibility index (Phi) is 5.02. The van der Waals surface area contributed by atoms with Gasteiger partial charge < -0.3 is 19.3 Å². The van der Waals surface area contributed by atoms with Gasteiger partial charge in [0.05, 0.1) is 26.2 Å². The fourth-order valence-corrected chi connectivity index (χ4v) is 3.61. The third-order valence-electron chi connectivity index (χ3n) is 5.07. The molecule has 1 aromatic heterocycles. The number of benzene rings is 1. The second-order valence-corrected chi connectivity index (χ2v) is 6.86. The first-order valence-corrected chi connectivity index (χ1v) is 9.21. The van der Waals surface area contributed by atoms with Crippen LogP contribution in [0.1, 0.15) is 28.8 Å². The van der Waals surface area contributed by atoms with Crippen molar-refractivity contribution in [2.75, 3.05) is 33.0 Å². The van der Waals surface area contributed by atoms with Gasteiger partial charge in [-0.2, -0.15) is 0 Å². The molecule has 1 aromatic carbocycles. The normalized spacial score (nSPS) is 16.0. The summed E-state index contributed by atoms with van der Waals surface area (Å²) < 4.78 is 10.8. The highest BCUT2D eigenvalue weighted by Gasteiger charge is 2.22. The van der Waals surface area contributed by atoms with Gasteiger partial charge in [0.25, 0.3) is 5.91 Å². The number of aromatic nitrogens is 1. The van der Waals surface area contributed by atoms with Crippen LogP contribution in [0.15, 0.2) is 42.7 Å². The van der Waals surface area contributed by atoms with Gasteiger partial charge in [0, 0.05) is 37.3 Å². The maximum atomic E-state index is 13.0. The van der Waals surface area contributed by atoms with Crippen LogP contribution in [0.25, 0.3) is 0 Å². The maximum Gasteiger partial charge on any atom is 0.254 e. The zero-order valence-corrected chi connectivity index (χ0v) is 14.8. The van der Waals surface area contributed by atoms with Gasteiger partial charge in [-0.1, -0.05) is 6.07 Å². The predicted molar refractivity (Wildman–Crippen MR) is 96.3 cm³/mol. The van der Waals surface area contributed by atoms with E-state index in [1.165, 1.54) is 25.9 Å². The lowest BCUT2D eigenvalue weighted by Crippen LogP contribution is -3.10. The van der Waals surface area contributed by atoms with Crippen molar-refractivity contribution < 1.29 is 19.2 Å². The Balaban J connectivity index is 1.50. The summed E-state index contributed by atoms with van der Waals surface area (Å²) in [4.78, 5) is 20.5. The Morgan fingerprint density at radius 2 is 1.85 bits per heavy atom. The second-order valence-electron chi connectivity index (χ2n) is 6.86. The first-order chi connectivity index (χ1) is 12.8. The van der Waals surface area contributed by atoms with Crippen LogP contribution < -0.4 is 14.4 Å². The SMILES string of the molecule is O=C(c1ccncc1)N(CC[NH+]1CCCC1)Cc1ccc2c(c1)OCO2. The number of amides is 1. The molecule has 4 rings (SSSR count). The van der Waals surface area contributed by atoms with Crippen molar-refractivity contribution >= 4 is 5.91 Å². The molecule has 26 heavy (non-hydrogen) atoms. The number of pyridine rings is 1. The number of likely N-dealkylation sites (tertiary alicyclic amines) is 1. The van der Waals surface area contributed by atoms with Crippen LogP contribution in [-0.2, 0) is 6.54 Å². The minimum atomic E-state index is 0.0451. The lowest BCUT2D eigenvalue weighted by Gasteiger charge is -2.24. The van der Waals surface area contributed by atoms with Gasteiger partial charge >= 0.3 is 0 Å². The number of fused-ring (bicyclic) bond motifs is 1. The molecule has 2 aromatic rings. The van der Waals surface area contributed by atoms with Gasteiger partial charge in [0.2, 0.25) is 6.79 Å². The Labute approximate surface area is 153 Å². The fraction of sp³-hybridized carbons (Fsp3) is 0.400. The van der Waals surface area contributed by atoms with Crippen LogP contribution in [0.3, 0.4) is 0 Å². The van der Waals surface area contributed by atoms with Crippen molar-refractivity contribution in [3.8, 4) is 11.5 Å². The summed E-state index contributed by atoms with van der Waals surface area (Å²) >= 11 is 0. The van der Waals surface area contributed by atoms with E-state index in [0.29, 0.717) is 12.1 Å². The summed E-state index contributed by atoms with van der Waals surface area (Å²) in [7, 11) is 0. The number of nitrogens with one attached hydrogen (secondary N) is 1. The molecular weight excluding hydrogens is 330 g/mol. The molecule has 0 bridgehead atoms. The van der Waals surface area contributed by atoms with E-state index in [1.54, 1.807) is 29.4 Å². The summed E-state index contributed by atoms with van der Waals surface area (Å²) in [5.74, 6) is 1.56. The molecule has 1 N–H and O–H groups in total. The number of carbonyl (C=O) groups is 1. The third kappa shape index (κ3) is 3.80. The zero-order chi connectivity index (χ0) is 17.8. The van der Waals surface area contributed by atoms with Gasteiger partial charge in [-0.05, 0) is 29.8 Å². The second kappa shape index (κ2) is 7.74. The largest absolute Gasteiger partial charge is 0.454 e. The first-order valence-electron chi connectivity index (χ1n) is 9.21. The average molecular weight is 354 g/mol. The van der Waals surface area contributed by atoms with E-state index in [-0.39, 0.29) is 12.7 Å². The number of nitrogens with zero attached hydrogens (tertiary/aromatic N) is 2. The van der Waals surface area contributed by atoms with Crippen molar-refractivity contribution in [3.05, 3.63) is 53.9 Å². The zero-order valence-electron chi connectivity index (χ0n) is 14.8. The van der Waals surface area contributed by atoms with E-state index < -0.39 is 0 Å². The molecule has 136 valence electrons. The van der Waals surface area contributed by atoms with E-state index in [2.05, 4.69) is 4.98 Å². The smallest absolute Gasteiger partial charge is 0.254 e. The number of rotatable bonds is 6. The molecule has 6 heteroatoms. The maximum absolute atomic E-state index is 13.0. The number of carbonyl (C=O) groups excluding carboxylic acids is 1. The van der Waals surface area contributed by atoms with Crippen LogP contribution >= 0.6 is 0 Å². The molecule has 0 aliphatic carbocycles. The third-order valence-corrected chi connectivity index (χ3v) is 5.07. The number of hydrogen-bond acceptors (Lipinski definition) is 4. The molecule has 1 saturated heterocycles. The summed E-state index contributed by atoms with van der Waals surface area (Å²) in [6, 6.07) is 9.44. The molecule has 0 atom stereocenters. The fourth-order valence-electron chi connectivity index (χ4n) is 3.61. The topological polar surface area (TPSA) is 56.1 Å². The quantitative estimate of drug-likeness (QED) is 0.845. The summed E-state index contributed by atoms with van der Waals surface area (Å²) in [6.07, 6.45) is 5.90. The van der Waals surface area contributed by atoms with Crippen molar-refractivity contribution in [2.24, 2.45) is 0 Å². The van der Waals surface area contributed by atoms with Gasteiger partial charge in [-0.15, -0.1) is 0 Å². The Bertz CT molecular complexity index is 760. The number of quaternary nitrogens is 1. The Morgan fingerprint density at radius 3 is 2.65 bits per heavy atom. The molecule has 0 unspecified atom stereocenters. The van der Waals surface area contributed by atoms with Crippen LogP contribution in [0.5, 0.6) is 11.5 Å². The van der Waals surface area contributed by atoms with Crippen molar-refractivity contribution in [1.29, 1.82) is 0 Å². The highest BCUT2D eigenvalue weighted by atomic mass is 16.7. The van der Waals surface area contributed by atoms with E-state index in [4.69, 9.17) is 9.47 Å². The highest BCUT2D eigenvalue weighted by molar-refractivity contribution is 5.94. The molecule has 2 aliphatic rings. The first kappa shape index (κ1) is 16.8. The molecule has 3 heterocycles. The summed E-state index contributed by atoms with van der Waals surface area (Å²) in [5.41, 5.74) is 1.73. The Morgan fingerprint density at radius 1 is 1.08 bits per heavy atom. The van der Waals surface area contributed by atoms with Crippen molar-refractivity contribution in [1.82, 2.24) is 9.88 Å². The van der Waals surface area contributed by atoms with E-state index >= 15 is 0 Å². The molecule has 2 aliphatic heterocycles. The lowest BCUT2D eigenvalue weighted by molar-refractivity contribution is -0.886. The van der Waals surface area contributed by atoms with Crippen molar-refractivity contribution in [3.63, 3.8) is 0 Å². The minimum absolute atomic E-state index is 0.0451. The van der Waals surface area contributed by atoms with E-state index in [0.717, 1.165) is 30.2 Å².